The molecule has 1 amide bonds. The van der Waals surface area contributed by atoms with Crippen molar-refractivity contribution in [3.8, 4) is 0 Å². The number of carbonyl (C=O) groups is 1. The molecule has 102 valence electrons. The van der Waals surface area contributed by atoms with Crippen LogP contribution in [0.5, 0.6) is 0 Å². The number of carbonyl (C=O) groups excluding carboxylic acids is 1. The van der Waals surface area contributed by atoms with Crippen molar-refractivity contribution >= 4 is 5.91 Å². The molecule has 5 nitrogen and oxygen atoms in total. The van der Waals surface area contributed by atoms with Crippen molar-refractivity contribution in [2.75, 3.05) is 26.3 Å². The van der Waals surface area contributed by atoms with Crippen molar-refractivity contribution in [3.63, 3.8) is 0 Å². The van der Waals surface area contributed by atoms with Gasteiger partial charge in [-0.3, -0.25) is 4.79 Å². The van der Waals surface area contributed by atoms with Gasteiger partial charge < -0.3 is 20.8 Å². The second kappa shape index (κ2) is 9.39. The summed E-state index contributed by atoms with van der Waals surface area (Å²) >= 11 is 0. The van der Waals surface area contributed by atoms with Crippen molar-refractivity contribution in [2.45, 2.75) is 39.2 Å². The summed E-state index contributed by atoms with van der Waals surface area (Å²) in [5.74, 6) is -0.0791. The molecule has 0 heterocycles. The van der Waals surface area contributed by atoms with Gasteiger partial charge in [0.25, 0.3) is 0 Å². The molecule has 0 radical (unpaired) electrons. The monoisotopic (exact) mass is 246 g/mol. The predicted molar refractivity (Wildman–Crippen MR) is 67.4 cm³/mol. The topological polar surface area (TPSA) is 86.8 Å². The van der Waals surface area contributed by atoms with Crippen LogP contribution in [0.1, 0.15) is 33.1 Å². The maximum atomic E-state index is 12.0. The SMILES string of the molecule is CC(N)CCCC(C)C(=O)N(CCO)CCO. The van der Waals surface area contributed by atoms with Crippen molar-refractivity contribution in [1.82, 2.24) is 4.90 Å². The first-order chi connectivity index (χ1) is 8.02. The molecule has 0 aromatic heterocycles. The van der Waals surface area contributed by atoms with E-state index < -0.39 is 0 Å². The molecule has 17 heavy (non-hydrogen) atoms. The Morgan fingerprint density at radius 1 is 1.18 bits per heavy atom. The summed E-state index contributed by atoms with van der Waals surface area (Å²) in [7, 11) is 0. The summed E-state index contributed by atoms with van der Waals surface area (Å²) in [6.45, 7) is 4.27. The highest BCUT2D eigenvalue weighted by Gasteiger charge is 2.19. The Balaban J connectivity index is 4.05. The van der Waals surface area contributed by atoms with Crippen LogP contribution in [0.2, 0.25) is 0 Å². The van der Waals surface area contributed by atoms with Crippen LogP contribution in [0.15, 0.2) is 0 Å². The Labute approximate surface area is 104 Å². The molecule has 0 aliphatic heterocycles. The van der Waals surface area contributed by atoms with Crippen molar-refractivity contribution in [1.29, 1.82) is 0 Å². The summed E-state index contributed by atoms with van der Waals surface area (Å²) in [5, 5.41) is 17.7. The zero-order valence-electron chi connectivity index (χ0n) is 10.9. The minimum absolute atomic E-state index is 0.00206. The van der Waals surface area contributed by atoms with Gasteiger partial charge in [0.15, 0.2) is 0 Å². The van der Waals surface area contributed by atoms with Crippen LogP contribution in [-0.4, -0.2) is 53.4 Å². The molecule has 0 fully saturated rings. The fourth-order valence-corrected chi connectivity index (χ4v) is 1.75. The van der Waals surface area contributed by atoms with Gasteiger partial charge in [0.1, 0.15) is 0 Å². The average molecular weight is 246 g/mol. The molecule has 0 aliphatic rings. The van der Waals surface area contributed by atoms with E-state index in [9.17, 15) is 4.79 Å². The lowest BCUT2D eigenvalue weighted by atomic mass is 10.0. The number of nitrogens with two attached hydrogens (primary N) is 1. The molecular weight excluding hydrogens is 220 g/mol. The Bertz CT molecular complexity index is 204. The first-order valence-corrected chi connectivity index (χ1v) is 6.29. The van der Waals surface area contributed by atoms with E-state index >= 15 is 0 Å². The fraction of sp³-hybridized carbons (Fsp3) is 0.917. The normalized spacial score (nSPS) is 14.4. The highest BCUT2D eigenvalue weighted by atomic mass is 16.3. The van der Waals surface area contributed by atoms with E-state index in [2.05, 4.69) is 0 Å². The predicted octanol–water partition coefficient (Wildman–Crippen LogP) is -0.0468. The number of aliphatic hydroxyl groups is 2. The van der Waals surface area contributed by atoms with Gasteiger partial charge in [-0.25, -0.2) is 0 Å². The Kier molecular flexibility index (Phi) is 9.03. The molecule has 0 aromatic carbocycles. The number of aliphatic hydroxyl groups excluding tert-OH is 2. The van der Waals surface area contributed by atoms with Crippen LogP contribution >= 0.6 is 0 Å². The van der Waals surface area contributed by atoms with Crippen molar-refractivity contribution < 1.29 is 15.0 Å². The van der Waals surface area contributed by atoms with Gasteiger partial charge in [-0.05, 0) is 19.8 Å². The first kappa shape index (κ1) is 16.4. The number of amides is 1. The highest BCUT2D eigenvalue weighted by Crippen LogP contribution is 2.12. The Morgan fingerprint density at radius 3 is 2.12 bits per heavy atom. The summed E-state index contributed by atoms with van der Waals surface area (Å²) in [6, 6.07) is 0.170. The fourth-order valence-electron chi connectivity index (χ4n) is 1.75. The molecule has 0 aromatic rings. The third-order valence-electron chi connectivity index (χ3n) is 2.77. The molecule has 2 unspecified atom stereocenters. The minimum atomic E-state index is -0.0770. The van der Waals surface area contributed by atoms with E-state index in [1.807, 2.05) is 13.8 Å². The summed E-state index contributed by atoms with van der Waals surface area (Å²) < 4.78 is 0. The van der Waals surface area contributed by atoms with Crippen LogP contribution in [0.25, 0.3) is 0 Å². The smallest absolute Gasteiger partial charge is 0.225 e. The van der Waals surface area contributed by atoms with Gasteiger partial charge in [-0.2, -0.15) is 0 Å². The quantitative estimate of drug-likeness (QED) is 0.532. The minimum Gasteiger partial charge on any atom is -0.395 e. The van der Waals surface area contributed by atoms with E-state index in [-0.39, 0.29) is 44.2 Å². The van der Waals surface area contributed by atoms with Gasteiger partial charge in [0.2, 0.25) is 5.91 Å². The molecule has 0 spiro atoms. The average Bonchev–Trinajstić information content (AvgIpc) is 2.27. The lowest BCUT2D eigenvalue weighted by Gasteiger charge is -2.24. The number of rotatable bonds is 9. The van der Waals surface area contributed by atoms with Crippen LogP contribution in [0.3, 0.4) is 0 Å². The van der Waals surface area contributed by atoms with Gasteiger partial charge in [0.05, 0.1) is 13.2 Å². The Hall–Kier alpha value is -0.650. The number of hydrogen-bond donors (Lipinski definition) is 3. The van der Waals surface area contributed by atoms with Crippen LogP contribution in [-0.2, 0) is 4.79 Å². The van der Waals surface area contributed by atoms with Gasteiger partial charge in [-0.1, -0.05) is 13.3 Å². The molecule has 0 saturated carbocycles. The van der Waals surface area contributed by atoms with E-state index in [4.69, 9.17) is 15.9 Å². The third-order valence-corrected chi connectivity index (χ3v) is 2.77. The van der Waals surface area contributed by atoms with E-state index in [1.54, 1.807) is 0 Å². The molecule has 0 saturated heterocycles. The molecule has 0 bridgehead atoms. The lowest BCUT2D eigenvalue weighted by Crippen LogP contribution is -2.39. The van der Waals surface area contributed by atoms with Crippen LogP contribution < -0.4 is 5.73 Å². The lowest BCUT2D eigenvalue weighted by molar-refractivity contribution is -0.136. The standard InChI is InChI=1S/C12H26N2O3/c1-10(4-3-5-11(2)13)12(17)14(6-8-15)7-9-16/h10-11,15-16H,3-9,13H2,1-2H3. The molecule has 0 rings (SSSR count). The third kappa shape index (κ3) is 7.31. The van der Waals surface area contributed by atoms with E-state index in [0.29, 0.717) is 0 Å². The van der Waals surface area contributed by atoms with Gasteiger partial charge in [-0.15, -0.1) is 0 Å². The van der Waals surface area contributed by atoms with Gasteiger partial charge >= 0.3 is 0 Å². The second-order valence-electron chi connectivity index (χ2n) is 4.58. The zero-order chi connectivity index (χ0) is 13.3. The maximum absolute atomic E-state index is 12.0. The summed E-state index contributed by atoms with van der Waals surface area (Å²) in [4.78, 5) is 13.5. The zero-order valence-corrected chi connectivity index (χ0v) is 10.9. The van der Waals surface area contributed by atoms with Crippen molar-refractivity contribution in [3.05, 3.63) is 0 Å². The molecule has 4 N–H and O–H groups in total. The molecule has 5 heteroatoms. The van der Waals surface area contributed by atoms with Crippen LogP contribution in [0, 0.1) is 5.92 Å². The summed E-state index contributed by atoms with van der Waals surface area (Å²) in [6.07, 6.45) is 2.64. The van der Waals surface area contributed by atoms with Gasteiger partial charge in [0, 0.05) is 25.0 Å². The maximum Gasteiger partial charge on any atom is 0.225 e. The first-order valence-electron chi connectivity index (χ1n) is 6.29. The Morgan fingerprint density at radius 2 is 1.71 bits per heavy atom. The highest BCUT2D eigenvalue weighted by molar-refractivity contribution is 5.78. The largest absolute Gasteiger partial charge is 0.395 e. The molecule has 0 aliphatic carbocycles. The number of nitrogens with zero attached hydrogens (tertiary/aromatic N) is 1. The number of hydrogen-bond acceptors (Lipinski definition) is 4. The summed E-state index contributed by atoms with van der Waals surface area (Å²) in [5.41, 5.74) is 5.65. The second-order valence-corrected chi connectivity index (χ2v) is 4.58. The van der Waals surface area contributed by atoms with Crippen LogP contribution in [0.4, 0.5) is 0 Å². The molecule has 2 atom stereocenters. The van der Waals surface area contributed by atoms with E-state index in [1.165, 1.54) is 4.90 Å². The van der Waals surface area contributed by atoms with E-state index in [0.717, 1.165) is 19.3 Å². The molecular formula is C12H26N2O3. The van der Waals surface area contributed by atoms with Crippen molar-refractivity contribution in [2.24, 2.45) is 11.7 Å².